The molecule has 1 saturated carbocycles. The second kappa shape index (κ2) is 6.72. The van der Waals surface area contributed by atoms with Crippen LogP contribution in [0.25, 0.3) is 0 Å². The molecule has 0 spiro atoms. The van der Waals surface area contributed by atoms with Crippen LogP contribution >= 0.6 is 0 Å². The lowest BCUT2D eigenvalue weighted by atomic mass is 9.86. The van der Waals surface area contributed by atoms with Gasteiger partial charge in [-0.15, -0.1) is 0 Å². The highest BCUT2D eigenvalue weighted by atomic mass is 16.3. The molecule has 0 heterocycles. The van der Waals surface area contributed by atoms with Gasteiger partial charge < -0.3 is 15.7 Å². The van der Waals surface area contributed by atoms with Gasteiger partial charge in [-0.25, -0.2) is 0 Å². The third-order valence-electron chi connectivity index (χ3n) is 4.17. The zero-order valence-corrected chi connectivity index (χ0v) is 11.8. The molecule has 102 valence electrons. The summed E-state index contributed by atoms with van der Waals surface area (Å²) in [4.78, 5) is 2.50. The fourth-order valence-electron chi connectivity index (χ4n) is 3.04. The quantitative estimate of drug-likeness (QED) is 0.716. The van der Waals surface area contributed by atoms with E-state index in [0.29, 0.717) is 5.92 Å². The van der Waals surface area contributed by atoms with E-state index < -0.39 is 0 Å². The Morgan fingerprint density at radius 2 is 2.18 bits per heavy atom. The van der Waals surface area contributed by atoms with Crippen LogP contribution < -0.4 is 5.73 Å². The van der Waals surface area contributed by atoms with Crippen LogP contribution in [0.1, 0.15) is 46.5 Å². The molecule has 0 aromatic heterocycles. The van der Waals surface area contributed by atoms with Gasteiger partial charge in [-0.2, -0.15) is 0 Å². The molecule has 0 aliphatic heterocycles. The van der Waals surface area contributed by atoms with Crippen molar-refractivity contribution in [1.29, 1.82) is 0 Å². The van der Waals surface area contributed by atoms with E-state index in [4.69, 9.17) is 5.73 Å². The van der Waals surface area contributed by atoms with Gasteiger partial charge in [-0.05, 0) is 44.2 Å². The molecule has 0 saturated heterocycles. The number of nitrogens with zero attached hydrogens (tertiary/aromatic N) is 1. The zero-order chi connectivity index (χ0) is 12.9. The summed E-state index contributed by atoms with van der Waals surface area (Å²) < 4.78 is 0. The predicted molar refractivity (Wildman–Crippen MR) is 72.9 cm³/mol. The van der Waals surface area contributed by atoms with Crippen molar-refractivity contribution in [2.75, 3.05) is 26.2 Å². The topological polar surface area (TPSA) is 49.5 Å². The minimum absolute atomic E-state index is 0.147. The van der Waals surface area contributed by atoms with Crippen LogP contribution in [0.5, 0.6) is 0 Å². The summed E-state index contributed by atoms with van der Waals surface area (Å²) in [5.41, 5.74) is 5.97. The molecule has 1 rings (SSSR count). The Bertz CT molecular complexity index is 220. The van der Waals surface area contributed by atoms with Gasteiger partial charge in [0.25, 0.3) is 0 Å². The van der Waals surface area contributed by atoms with Crippen LogP contribution in [-0.4, -0.2) is 41.8 Å². The molecule has 17 heavy (non-hydrogen) atoms. The van der Waals surface area contributed by atoms with Gasteiger partial charge >= 0.3 is 0 Å². The fourth-order valence-corrected chi connectivity index (χ4v) is 3.04. The number of hydrogen-bond donors (Lipinski definition) is 2. The first-order valence-corrected chi connectivity index (χ1v) is 7.14. The fraction of sp³-hybridized carbons (Fsp3) is 1.00. The molecule has 0 radical (unpaired) electrons. The number of aliphatic hydroxyl groups is 1. The maximum atomic E-state index is 9.42. The lowest BCUT2D eigenvalue weighted by molar-refractivity contribution is 0.142. The highest BCUT2D eigenvalue weighted by molar-refractivity contribution is 4.96. The molecule has 3 nitrogen and oxygen atoms in total. The molecule has 0 aromatic carbocycles. The third kappa shape index (κ3) is 4.23. The standard InChI is InChI=1S/C14H30N2O/c1-4-16(10-12(2)3)9-7-13-6-5-8-14(13,15)11-17/h12-13,17H,4-11,15H2,1-3H3. The highest BCUT2D eigenvalue weighted by Crippen LogP contribution is 2.35. The average Bonchev–Trinajstić information content (AvgIpc) is 2.66. The van der Waals surface area contributed by atoms with Crippen LogP contribution in [0.3, 0.4) is 0 Å². The van der Waals surface area contributed by atoms with E-state index >= 15 is 0 Å². The van der Waals surface area contributed by atoms with Gasteiger partial charge in [0, 0.05) is 12.1 Å². The monoisotopic (exact) mass is 242 g/mol. The molecule has 1 aliphatic rings. The first-order chi connectivity index (χ1) is 8.01. The van der Waals surface area contributed by atoms with Crippen molar-refractivity contribution in [1.82, 2.24) is 4.90 Å². The van der Waals surface area contributed by atoms with Gasteiger partial charge in [0.05, 0.1) is 6.61 Å². The highest BCUT2D eigenvalue weighted by Gasteiger charge is 2.38. The van der Waals surface area contributed by atoms with E-state index in [1.807, 2.05) is 0 Å². The lowest BCUT2D eigenvalue weighted by Gasteiger charge is -2.31. The van der Waals surface area contributed by atoms with Crippen LogP contribution in [0.4, 0.5) is 0 Å². The molecule has 0 bridgehead atoms. The minimum Gasteiger partial charge on any atom is -0.394 e. The summed E-state index contributed by atoms with van der Waals surface area (Å²) in [5, 5.41) is 9.42. The van der Waals surface area contributed by atoms with E-state index in [9.17, 15) is 5.11 Å². The molecule has 3 N–H and O–H groups in total. The SMILES string of the molecule is CCN(CCC1CCCC1(N)CO)CC(C)C. The summed E-state index contributed by atoms with van der Waals surface area (Å²) in [6.07, 6.45) is 4.50. The van der Waals surface area contributed by atoms with Crippen LogP contribution in [0, 0.1) is 11.8 Å². The van der Waals surface area contributed by atoms with Gasteiger partial charge in [-0.3, -0.25) is 0 Å². The zero-order valence-electron chi connectivity index (χ0n) is 11.8. The smallest absolute Gasteiger partial charge is 0.0613 e. The van der Waals surface area contributed by atoms with E-state index in [0.717, 1.165) is 31.8 Å². The normalized spacial score (nSPS) is 29.5. The van der Waals surface area contributed by atoms with E-state index in [2.05, 4.69) is 25.7 Å². The Balaban J connectivity index is 2.38. The molecular weight excluding hydrogens is 212 g/mol. The second-order valence-electron chi connectivity index (χ2n) is 6.06. The number of rotatable bonds is 7. The van der Waals surface area contributed by atoms with E-state index in [-0.39, 0.29) is 12.1 Å². The summed E-state index contributed by atoms with van der Waals surface area (Å²) >= 11 is 0. The number of aliphatic hydroxyl groups excluding tert-OH is 1. The molecule has 1 aliphatic carbocycles. The Morgan fingerprint density at radius 1 is 1.47 bits per heavy atom. The van der Waals surface area contributed by atoms with Gasteiger partial charge in [-0.1, -0.05) is 27.2 Å². The largest absolute Gasteiger partial charge is 0.394 e. The van der Waals surface area contributed by atoms with Crippen LogP contribution in [0.15, 0.2) is 0 Å². The lowest BCUT2D eigenvalue weighted by Crippen LogP contribution is -2.48. The first kappa shape index (κ1) is 14.9. The molecule has 0 aromatic rings. The Hall–Kier alpha value is -0.120. The van der Waals surface area contributed by atoms with E-state index in [1.165, 1.54) is 19.4 Å². The van der Waals surface area contributed by atoms with Crippen LogP contribution in [-0.2, 0) is 0 Å². The predicted octanol–water partition coefficient (Wildman–Crippen LogP) is 1.84. The molecule has 2 unspecified atom stereocenters. The van der Waals surface area contributed by atoms with Crippen LogP contribution in [0.2, 0.25) is 0 Å². The molecular formula is C14H30N2O. The van der Waals surface area contributed by atoms with Crippen molar-refractivity contribution in [3.63, 3.8) is 0 Å². The van der Waals surface area contributed by atoms with E-state index in [1.54, 1.807) is 0 Å². The Morgan fingerprint density at radius 3 is 2.71 bits per heavy atom. The number of nitrogens with two attached hydrogens (primary N) is 1. The minimum atomic E-state index is -0.294. The molecule has 1 fully saturated rings. The molecule has 2 atom stereocenters. The summed E-state index contributed by atoms with van der Waals surface area (Å²) in [6, 6.07) is 0. The van der Waals surface area contributed by atoms with Crippen molar-refractivity contribution in [2.45, 2.75) is 52.0 Å². The van der Waals surface area contributed by atoms with Gasteiger partial charge in [0.2, 0.25) is 0 Å². The Kier molecular flexibility index (Phi) is 5.90. The van der Waals surface area contributed by atoms with Crippen molar-refractivity contribution in [3.8, 4) is 0 Å². The van der Waals surface area contributed by atoms with Crippen molar-refractivity contribution in [2.24, 2.45) is 17.6 Å². The van der Waals surface area contributed by atoms with Crippen molar-refractivity contribution >= 4 is 0 Å². The Labute approximate surface area is 106 Å². The first-order valence-electron chi connectivity index (χ1n) is 7.14. The second-order valence-corrected chi connectivity index (χ2v) is 6.06. The maximum absolute atomic E-state index is 9.42. The summed E-state index contributed by atoms with van der Waals surface area (Å²) in [7, 11) is 0. The molecule has 0 amide bonds. The van der Waals surface area contributed by atoms with Gasteiger partial charge in [0.1, 0.15) is 0 Å². The number of hydrogen-bond acceptors (Lipinski definition) is 3. The average molecular weight is 242 g/mol. The van der Waals surface area contributed by atoms with Crippen molar-refractivity contribution < 1.29 is 5.11 Å². The van der Waals surface area contributed by atoms with Crippen molar-refractivity contribution in [3.05, 3.63) is 0 Å². The maximum Gasteiger partial charge on any atom is 0.0613 e. The van der Waals surface area contributed by atoms with Gasteiger partial charge in [0.15, 0.2) is 0 Å². The molecule has 3 heteroatoms. The third-order valence-corrected chi connectivity index (χ3v) is 4.17. The summed E-state index contributed by atoms with van der Waals surface area (Å²) in [6.45, 7) is 10.3. The summed E-state index contributed by atoms with van der Waals surface area (Å²) in [5.74, 6) is 1.23.